The summed E-state index contributed by atoms with van der Waals surface area (Å²) in [6.45, 7) is 6.43. The van der Waals surface area contributed by atoms with Crippen molar-refractivity contribution in [2.24, 2.45) is 0 Å². The Morgan fingerprint density at radius 3 is 2.95 bits per heavy atom. The summed E-state index contributed by atoms with van der Waals surface area (Å²) in [6, 6.07) is 3.74. The molecule has 4 heteroatoms. The minimum atomic E-state index is -0.334. The largest absolute Gasteiger partial charge is 0.488 e. The molecular formula is C16H17ClO3. The molecule has 0 spiro atoms. The van der Waals surface area contributed by atoms with Crippen LogP contribution in [0.4, 0.5) is 0 Å². The summed E-state index contributed by atoms with van der Waals surface area (Å²) in [5, 5.41) is 0.675. The molecule has 0 unspecified atom stereocenters. The summed E-state index contributed by atoms with van der Waals surface area (Å²) in [6.07, 6.45) is 3.49. The van der Waals surface area contributed by atoms with E-state index in [9.17, 15) is 4.79 Å². The Hall–Kier alpha value is -1.74. The number of fused-ring (bicyclic) bond motifs is 1. The van der Waals surface area contributed by atoms with E-state index in [0.717, 1.165) is 28.0 Å². The summed E-state index contributed by atoms with van der Waals surface area (Å²) in [5.74, 6) is 0.515. The van der Waals surface area contributed by atoms with Crippen LogP contribution in [0.15, 0.2) is 29.4 Å². The molecule has 106 valence electrons. The smallest absolute Gasteiger partial charge is 0.331 e. The van der Waals surface area contributed by atoms with Gasteiger partial charge in [0.05, 0.1) is 6.61 Å². The first kappa shape index (κ1) is 14.7. The van der Waals surface area contributed by atoms with E-state index in [1.54, 1.807) is 6.92 Å². The molecule has 0 atom stereocenters. The normalized spacial score (nSPS) is 14.2. The van der Waals surface area contributed by atoms with Crippen molar-refractivity contribution in [1.82, 2.24) is 0 Å². The Morgan fingerprint density at radius 2 is 2.25 bits per heavy atom. The van der Waals surface area contributed by atoms with E-state index in [1.165, 1.54) is 6.08 Å². The zero-order valence-electron chi connectivity index (χ0n) is 11.8. The van der Waals surface area contributed by atoms with Crippen LogP contribution < -0.4 is 4.74 Å². The highest BCUT2D eigenvalue weighted by atomic mass is 35.5. The summed E-state index contributed by atoms with van der Waals surface area (Å²) in [4.78, 5) is 11.5. The summed E-state index contributed by atoms with van der Waals surface area (Å²) in [7, 11) is 0. The Kier molecular flexibility index (Phi) is 4.50. The molecule has 0 aliphatic carbocycles. The lowest BCUT2D eigenvalue weighted by Gasteiger charge is -2.20. The molecule has 0 fully saturated rings. The first-order chi connectivity index (χ1) is 9.51. The quantitative estimate of drug-likeness (QED) is 0.625. The first-order valence-corrected chi connectivity index (χ1v) is 6.88. The number of benzene rings is 1. The Labute approximate surface area is 123 Å². The van der Waals surface area contributed by atoms with Gasteiger partial charge in [-0.05, 0) is 55.7 Å². The summed E-state index contributed by atoms with van der Waals surface area (Å²) in [5.41, 5.74) is 3.74. The number of carbonyl (C=O) groups excluding carboxylic acids is 1. The second kappa shape index (κ2) is 6.14. The molecule has 0 saturated heterocycles. The van der Waals surface area contributed by atoms with E-state index in [-0.39, 0.29) is 5.97 Å². The number of hydrogen-bond acceptors (Lipinski definition) is 3. The fourth-order valence-corrected chi connectivity index (χ4v) is 2.40. The molecule has 1 aliphatic rings. The highest BCUT2D eigenvalue weighted by molar-refractivity contribution is 6.30. The lowest BCUT2D eigenvalue weighted by atomic mass is 10.00. The van der Waals surface area contributed by atoms with Crippen LogP contribution in [-0.2, 0) is 9.53 Å². The average Bonchev–Trinajstić information content (AvgIpc) is 2.37. The minimum Gasteiger partial charge on any atom is -0.488 e. The van der Waals surface area contributed by atoms with E-state index < -0.39 is 0 Å². The molecule has 3 nitrogen and oxygen atoms in total. The van der Waals surface area contributed by atoms with Gasteiger partial charge in [-0.3, -0.25) is 0 Å². The van der Waals surface area contributed by atoms with Crippen LogP contribution in [0.2, 0.25) is 5.02 Å². The number of ether oxygens (including phenoxy) is 2. The maximum atomic E-state index is 11.5. The van der Waals surface area contributed by atoms with Crippen molar-refractivity contribution in [3.05, 3.63) is 45.5 Å². The van der Waals surface area contributed by atoms with Crippen LogP contribution in [0.1, 0.15) is 25.0 Å². The van der Waals surface area contributed by atoms with Crippen LogP contribution >= 0.6 is 11.6 Å². The van der Waals surface area contributed by atoms with Gasteiger partial charge in [0.2, 0.25) is 0 Å². The highest BCUT2D eigenvalue weighted by Gasteiger charge is 2.16. The van der Waals surface area contributed by atoms with Gasteiger partial charge in [-0.25, -0.2) is 4.79 Å². The molecule has 0 radical (unpaired) electrons. The van der Waals surface area contributed by atoms with Gasteiger partial charge in [0.15, 0.2) is 0 Å². The second-order valence-corrected chi connectivity index (χ2v) is 5.12. The molecule has 0 amide bonds. The molecule has 0 bridgehead atoms. The molecular weight excluding hydrogens is 276 g/mol. The lowest BCUT2D eigenvalue weighted by Crippen LogP contribution is -2.10. The highest BCUT2D eigenvalue weighted by Crippen LogP contribution is 2.34. The van der Waals surface area contributed by atoms with Crippen LogP contribution in [0, 0.1) is 6.92 Å². The molecule has 0 N–H and O–H groups in total. The monoisotopic (exact) mass is 292 g/mol. The summed E-state index contributed by atoms with van der Waals surface area (Å²) < 4.78 is 10.7. The van der Waals surface area contributed by atoms with E-state index in [1.807, 2.05) is 32.1 Å². The predicted octanol–water partition coefficient (Wildman–Crippen LogP) is 3.93. The van der Waals surface area contributed by atoms with Crippen molar-refractivity contribution in [3.8, 4) is 5.75 Å². The SMILES string of the molecule is CCOC(=O)/C=C(/C)C1=Cc2cc(Cl)cc(C)c2OC1. The van der Waals surface area contributed by atoms with Crippen molar-refractivity contribution < 1.29 is 14.3 Å². The van der Waals surface area contributed by atoms with Crippen molar-refractivity contribution >= 4 is 23.6 Å². The molecule has 1 aliphatic heterocycles. The third-order valence-electron chi connectivity index (χ3n) is 3.10. The Morgan fingerprint density at radius 1 is 1.50 bits per heavy atom. The molecule has 2 rings (SSSR count). The van der Waals surface area contributed by atoms with Crippen LogP contribution in [-0.4, -0.2) is 19.2 Å². The van der Waals surface area contributed by atoms with Crippen molar-refractivity contribution in [3.63, 3.8) is 0 Å². The van der Waals surface area contributed by atoms with Crippen molar-refractivity contribution in [2.75, 3.05) is 13.2 Å². The summed E-state index contributed by atoms with van der Waals surface area (Å²) >= 11 is 6.06. The zero-order valence-corrected chi connectivity index (χ0v) is 12.6. The van der Waals surface area contributed by atoms with Gasteiger partial charge in [-0.15, -0.1) is 0 Å². The maximum Gasteiger partial charge on any atom is 0.331 e. The second-order valence-electron chi connectivity index (χ2n) is 4.68. The van der Waals surface area contributed by atoms with Crippen LogP contribution in [0.3, 0.4) is 0 Å². The van der Waals surface area contributed by atoms with Crippen molar-refractivity contribution in [2.45, 2.75) is 20.8 Å². The molecule has 0 saturated carbocycles. The van der Waals surface area contributed by atoms with Crippen LogP contribution in [0.5, 0.6) is 5.75 Å². The minimum absolute atomic E-state index is 0.334. The third-order valence-corrected chi connectivity index (χ3v) is 3.32. The van der Waals surface area contributed by atoms with Gasteiger partial charge in [0.25, 0.3) is 0 Å². The number of rotatable bonds is 3. The van der Waals surface area contributed by atoms with E-state index in [4.69, 9.17) is 21.1 Å². The first-order valence-electron chi connectivity index (χ1n) is 6.50. The van der Waals surface area contributed by atoms with Gasteiger partial charge < -0.3 is 9.47 Å². The Balaban J connectivity index is 2.31. The average molecular weight is 293 g/mol. The zero-order chi connectivity index (χ0) is 14.7. The topological polar surface area (TPSA) is 35.5 Å². The molecule has 20 heavy (non-hydrogen) atoms. The number of halogens is 1. The standard InChI is InChI=1S/C16H17ClO3/c1-4-19-15(18)6-10(2)13-7-12-8-14(17)5-11(3)16(12)20-9-13/h5-8H,4,9H2,1-3H3/b10-6-. The van der Waals surface area contributed by atoms with E-state index >= 15 is 0 Å². The molecule has 0 aromatic heterocycles. The third kappa shape index (κ3) is 3.23. The number of carbonyl (C=O) groups is 1. The Bertz CT molecular complexity index is 600. The predicted molar refractivity (Wildman–Crippen MR) is 80.1 cm³/mol. The number of esters is 1. The molecule has 1 heterocycles. The van der Waals surface area contributed by atoms with Gasteiger partial charge in [-0.1, -0.05) is 11.6 Å². The van der Waals surface area contributed by atoms with E-state index in [2.05, 4.69) is 0 Å². The maximum absolute atomic E-state index is 11.5. The molecule has 1 aromatic rings. The lowest BCUT2D eigenvalue weighted by molar-refractivity contribution is -0.137. The fraction of sp³-hybridized carbons (Fsp3) is 0.312. The van der Waals surface area contributed by atoms with Gasteiger partial charge >= 0.3 is 5.97 Å². The van der Waals surface area contributed by atoms with Crippen molar-refractivity contribution in [1.29, 1.82) is 0 Å². The number of hydrogen-bond donors (Lipinski definition) is 0. The number of aryl methyl sites for hydroxylation is 1. The van der Waals surface area contributed by atoms with Gasteiger partial charge in [0, 0.05) is 16.7 Å². The fourth-order valence-electron chi connectivity index (χ4n) is 2.12. The molecule has 1 aromatic carbocycles. The van der Waals surface area contributed by atoms with Gasteiger partial charge in [-0.2, -0.15) is 0 Å². The van der Waals surface area contributed by atoms with Gasteiger partial charge in [0.1, 0.15) is 12.4 Å². The van der Waals surface area contributed by atoms with Crippen LogP contribution in [0.25, 0.3) is 6.08 Å². The van der Waals surface area contributed by atoms with E-state index in [0.29, 0.717) is 18.2 Å².